The smallest absolute Gasteiger partial charge is 0.00479 e. The Hall–Kier alpha value is -0.820. The van der Waals surface area contributed by atoms with E-state index in [-0.39, 0.29) is 6.04 Å². The van der Waals surface area contributed by atoms with Crippen molar-refractivity contribution in [3.8, 4) is 0 Å². The zero-order valence-corrected chi connectivity index (χ0v) is 12.7. The van der Waals surface area contributed by atoms with Gasteiger partial charge in [0.15, 0.2) is 0 Å². The van der Waals surface area contributed by atoms with E-state index in [2.05, 4.69) is 52.8 Å². The van der Waals surface area contributed by atoms with Gasteiger partial charge in [0, 0.05) is 6.04 Å². The molecular formula is C17H29N. The van der Waals surface area contributed by atoms with Gasteiger partial charge in [-0.2, -0.15) is 0 Å². The lowest BCUT2D eigenvalue weighted by Crippen LogP contribution is -2.24. The normalized spacial score (nSPS) is 24.3. The van der Waals surface area contributed by atoms with Crippen molar-refractivity contribution in [1.29, 1.82) is 0 Å². The summed E-state index contributed by atoms with van der Waals surface area (Å²) in [4.78, 5) is 0. The molecule has 0 spiro atoms. The monoisotopic (exact) mass is 247 g/mol. The van der Waals surface area contributed by atoms with Crippen LogP contribution in [0, 0.1) is 11.8 Å². The molecule has 1 rings (SSSR count). The summed E-state index contributed by atoms with van der Waals surface area (Å²) < 4.78 is 0. The van der Waals surface area contributed by atoms with Gasteiger partial charge in [-0.1, -0.05) is 43.2 Å². The third-order valence-electron chi connectivity index (χ3n) is 4.02. The van der Waals surface area contributed by atoms with Crippen molar-refractivity contribution in [2.45, 2.75) is 59.9 Å². The second-order valence-electron chi connectivity index (χ2n) is 5.65. The van der Waals surface area contributed by atoms with E-state index in [0.717, 1.165) is 12.8 Å². The molecular weight excluding hydrogens is 218 g/mol. The highest BCUT2D eigenvalue weighted by atomic mass is 14.6. The van der Waals surface area contributed by atoms with Gasteiger partial charge in [-0.3, -0.25) is 0 Å². The van der Waals surface area contributed by atoms with Crippen LogP contribution in [0.2, 0.25) is 0 Å². The highest BCUT2D eigenvalue weighted by Crippen LogP contribution is 2.38. The van der Waals surface area contributed by atoms with Gasteiger partial charge < -0.3 is 5.73 Å². The molecule has 0 saturated heterocycles. The highest BCUT2D eigenvalue weighted by molar-refractivity contribution is 5.39. The van der Waals surface area contributed by atoms with Crippen LogP contribution in [-0.2, 0) is 0 Å². The van der Waals surface area contributed by atoms with E-state index in [1.807, 2.05) is 0 Å². The maximum atomic E-state index is 6.05. The summed E-state index contributed by atoms with van der Waals surface area (Å²) in [6, 6.07) is 0.257. The van der Waals surface area contributed by atoms with E-state index < -0.39 is 0 Å². The van der Waals surface area contributed by atoms with E-state index in [9.17, 15) is 0 Å². The van der Waals surface area contributed by atoms with Crippen molar-refractivity contribution in [3.63, 3.8) is 0 Å². The molecule has 0 amide bonds. The molecule has 0 fully saturated rings. The summed E-state index contributed by atoms with van der Waals surface area (Å²) in [5.41, 5.74) is 10.7. The first-order valence-corrected chi connectivity index (χ1v) is 7.28. The number of hydrogen-bond donors (Lipinski definition) is 1. The molecule has 3 unspecified atom stereocenters. The average Bonchev–Trinajstić information content (AvgIpc) is 2.29. The van der Waals surface area contributed by atoms with Gasteiger partial charge in [0.1, 0.15) is 0 Å². The van der Waals surface area contributed by atoms with E-state index >= 15 is 0 Å². The van der Waals surface area contributed by atoms with Gasteiger partial charge in [0.2, 0.25) is 0 Å². The third-order valence-corrected chi connectivity index (χ3v) is 4.02. The first-order valence-electron chi connectivity index (χ1n) is 7.28. The van der Waals surface area contributed by atoms with Crippen LogP contribution < -0.4 is 5.73 Å². The number of rotatable bonds is 5. The number of nitrogens with two attached hydrogens (primary N) is 1. The quantitative estimate of drug-likeness (QED) is 0.705. The van der Waals surface area contributed by atoms with Gasteiger partial charge in [-0.15, -0.1) is 0 Å². The molecule has 102 valence electrons. The standard InChI is InChI=1S/C17H29N/c1-6-8-12(3)16-10-9-13(4)15(7-2)17(16)11-14(5)18/h6,8-9,12,14,16H,7,10-11,18H2,1-5H3. The van der Waals surface area contributed by atoms with Crippen LogP contribution in [-0.4, -0.2) is 6.04 Å². The zero-order chi connectivity index (χ0) is 13.7. The van der Waals surface area contributed by atoms with Gasteiger partial charge >= 0.3 is 0 Å². The van der Waals surface area contributed by atoms with Gasteiger partial charge in [0.05, 0.1) is 0 Å². The molecule has 18 heavy (non-hydrogen) atoms. The zero-order valence-electron chi connectivity index (χ0n) is 12.7. The van der Waals surface area contributed by atoms with Crippen LogP contribution >= 0.6 is 0 Å². The Balaban J connectivity index is 3.08. The Kier molecular flexibility index (Phi) is 5.87. The SMILES string of the molecule is CC=CC(C)C1CC=C(C)C(CC)=C1CC(C)N. The van der Waals surface area contributed by atoms with Crippen molar-refractivity contribution in [2.75, 3.05) is 0 Å². The number of allylic oxidation sites excluding steroid dienone is 5. The van der Waals surface area contributed by atoms with Crippen LogP contribution in [0.1, 0.15) is 53.9 Å². The lowest BCUT2D eigenvalue weighted by atomic mass is 9.74. The van der Waals surface area contributed by atoms with E-state index in [1.54, 1.807) is 11.1 Å². The van der Waals surface area contributed by atoms with E-state index in [4.69, 9.17) is 5.73 Å². The van der Waals surface area contributed by atoms with E-state index in [0.29, 0.717) is 11.8 Å². The fourth-order valence-corrected chi connectivity index (χ4v) is 3.14. The summed E-state index contributed by atoms with van der Waals surface area (Å²) in [5, 5.41) is 0. The fraction of sp³-hybridized carbons (Fsp3) is 0.647. The van der Waals surface area contributed by atoms with Gasteiger partial charge in [0.25, 0.3) is 0 Å². The summed E-state index contributed by atoms with van der Waals surface area (Å²) >= 11 is 0. The molecule has 0 saturated carbocycles. The fourth-order valence-electron chi connectivity index (χ4n) is 3.14. The second-order valence-corrected chi connectivity index (χ2v) is 5.65. The Labute approximate surface area is 113 Å². The van der Waals surface area contributed by atoms with Gasteiger partial charge in [-0.05, 0) is 57.4 Å². The molecule has 1 aliphatic carbocycles. The average molecular weight is 247 g/mol. The molecule has 1 nitrogen and oxygen atoms in total. The second kappa shape index (κ2) is 6.94. The van der Waals surface area contributed by atoms with Crippen molar-refractivity contribution < 1.29 is 0 Å². The molecule has 0 aromatic carbocycles. The summed E-state index contributed by atoms with van der Waals surface area (Å²) in [7, 11) is 0. The third kappa shape index (κ3) is 3.58. The first kappa shape index (κ1) is 15.2. The predicted octanol–water partition coefficient (Wildman–Crippen LogP) is 4.61. The molecule has 1 aliphatic rings. The van der Waals surface area contributed by atoms with Crippen molar-refractivity contribution in [1.82, 2.24) is 0 Å². The van der Waals surface area contributed by atoms with Crippen LogP contribution in [0.3, 0.4) is 0 Å². The topological polar surface area (TPSA) is 26.0 Å². The van der Waals surface area contributed by atoms with E-state index in [1.165, 1.54) is 12.0 Å². The minimum absolute atomic E-state index is 0.257. The Morgan fingerprint density at radius 2 is 2.11 bits per heavy atom. The van der Waals surface area contributed by atoms with Crippen LogP contribution in [0.15, 0.2) is 34.9 Å². The minimum Gasteiger partial charge on any atom is -0.328 e. The lowest BCUT2D eigenvalue weighted by Gasteiger charge is -2.32. The molecule has 0 aliphatic heterocycles. The molecule has 0 bridgehead atoms. The summed E-state index contributed by atoms with van der Waals surface area (Å²) in [5.74, 6) is 1.25. The first-order chi connectivity index (χ1) is 8.51. The lowest BCUT2D eigenvalue weighted by molar-refractivity contribution is 0.453. The summed E-state index contributed by atoms with van der Waals surface area (Å²) in [6.07, 6.45) is 10.3. The van der Waals surface area contributed by atoms with Crippen LogP contribution in [0.5, 0.6) is 0 Å². The minimum atomic E-state index is 0.257. The maximum absolute atomic E-state index is 6.05. The molecule has 0 heterocycles. The largest absolute Gasteiger partial charge is 0.328 e. The van der Waals surface area contributed by atoms with Crippen molar-refractivity contribution in [2.24, 2.45) is 17.6 Å². The molecule has 3 atom stereocenters. The molecule has 2 N–H and O–H groups in total. The van der Waals surface area contributed by atoms with Crippen molar-refractivity contribution in [3.05, 3.63) is 34.9 Å². The highest BCUT2D eigenvalue weighted by Gasteiger charge is 2.25. The molecule has 0 aromatic rings. The van der Waals surface area contributed by atoms with Gasteiger partial charge in [-0.25, -0.2) is 0 Å². The van der Waals surface area contributed by atoms with Crippen LogP contribution in [0.4, 0.5) is 0 Å². The Morgan fingerprint density at radius 1 is 1.44 bits per heavy atom. The Bertz CT molecular complexity index is 358. The Morgan fingerprint density at radius 3 is 2.61 bits per heavy atom. The van der Waals surface area contributed by atoms with Crippen molar-refractivity contribution >= 4 is 0 Å². The molecule has 0 radical (unpaired) electrons. The van der Waals surface area contributed by atoms with Crippen LogP contribution in [0.25, 0.3) is 0 Å². The maximum Gasteiger partial charge on any atom is 0.00479 e. The predicted molar refractivity (Wildman–Crippen MR) is 81.4 cm³/mol. The molecule has 1 heteroatoms. The molecule has 0 aromatic heterocycles. The summed E-state index contributed by atoms with van der Waals surface area (Å²) in [6.45, 7) is 11.1. The number of hydrogen-bond acceptors (Lipinski definition) is 1.